The zero-order chi connectivity index (χ0) is 9.97. The molecule has 2 aromatic heterocycles. The number of hydrogen-bond acceptors (Lipinski definition) is 2. The predicted octanol–water partition coefficient (Wildman–Crippen LogP) is 2.00. The highest BCUT2D eigenvalue weighted by Gasteiger charge is 2.05. The Labute approximate surface area is 87.2 Å². The Morgan fingerprint density at radius 2 is 2.43 bits per heavy atom. The molecular formula is C9H12N4S. The second kappa shape index (κ2) is 3.79. The lowest BCUT2D eigenvalue weighted by Crippen LogP contribution is -2.11. The third-order valence-corrected chi connectivity index (χ3v) is 2.51. The molecule has 1 atom stereocenters. The fraction of sp³-hybridized carbons (Fsp3) is 0.333. The summed E-state index contributed by atoms with van der Waals surface area (Å²) in [5.74, 6) is 0. The van der Waals surface area contributed by atoms with Crippen LogP contribution in [-0.2, 0) is 6.54 Å². The van der Waals surface area contributed by atoms with Crippen LogP contribution in [0.3, 0.4) is 0 Å². The molecule has 74 valence electrons. The summed E-state index contributed by atoms with van der Waals surface area (Å²) in [6.07, 6.45) is 9.36. The lowest BCUT2D eigenvalue weighted by atomic mass is 10.3. The molecule has 2 heterocycles. The first-order valence-corrected chi connectivity index (χ1v) is 4.89. The van der Waals surface area contributed by atoms with Crippen LogP contribution >= 0.6 is 12.2 Å². The molecule has 0 radical (unpaired) electrons. The van der Waals surface area contributed by atoms with Crippen LogP contribution in [0.2, 0.25) is 0 Å². The molecule has 0 aliphatic carbocycles. The summed E-state index contributed by atoms with van der Waals surface area (Å²) in [6.45, 7) is 3.01. The van der Waals surface area contributed by atoms with Crippen molar-refractivity contribution in [2.45, 2.75) is 19.5 Å². The zero-order valence-corrected chi connectivity index (χ0v) is 8.74. The second-order valence-corrected chi connectivity index (χ2v) is 3.67. The first-order chi connectivity index (χ1) is 6.77. The molecule has 0 aliphatic heterocycles. The van der Waals surface area contributed by atoms with Crippen molar-refractivity contribution in [3.63, 3.8) is 0 Å². The average molecular weight is 208 g/mol. The number of imidazole rings is 2. The highest BCUT2D eigenvalue weighted by molar-refractivity contribution is 7.71. The van der Waals surface area contributed by atoms with Gasteiger partial charge in [-0.2, -0.15) is 0 Å². The number of hydrogen-bond donors (Lipinski definition) is 1. The van der Waals surface area contributed by atoms with Crippen LogP contribution in [0.5, 0.6) is 0 Å². The molecule has 0 aliphatic rings. The molecule has 5 heteroatoms. The Balaban J connectivity index is 2.14. The Morgan fingerprint density at radius 3 is 3.00 bits per heavy atom. The van der Waals surface area contributed by atoms with E-state index < -0.39 is 0 Å². The van der Waals surface area contributed by atoms with E-state index in [1.807, 2.05) is 34.1 Å². The lowest BCUT2D eigenvalue weighted by molar-refractivity contribution is 0.460. The fourth-order valence-electron chi connectivity index (χ4n) is 1.47. The largest absolute Gasteiger partial charge is 0.337 e. The summed E-state index contributed by atoms with van der Waals surface area (Å²) in [4.78, 5) is 6.98. The molecule has 0 bridgehead atoms. The van der Waals surface area contributed by atoms with Gasteiger partial charge in [-0.15, -0.1) is 0 Å². The van der Waals surface area contributed by atoms with Crippen LogP contribution in [0.25, 0.3) is 0 Å². The first-order valence-electron chi connectivity index (χ1n) is 4.48. The summed E-state index contributed by atoms with van der Waals surface area (Å²) in [5, 5.41) is 0. The minimum atomic E-state index is 0.336. The van der Waals surface area contributed by atoms with Gasteiger partial charge in [-0.05, 0) is 19.1 Å². The van der Waals surface area contributed by atoms with Crippen molar-refractivity contribution < 1.29 is 0 Å². The molecular weight excluding hydrogens is 196 g/mol. The van der Waals surface area contributed by atoms with Crippen LogP contribution in [-0.4, -0.2) is 19.1 Å². The van der Waals surface area contributed by atoms with Gasteiger partial charge < -0.3 is 14.1 Å². The number of H-pyrrole nitrogens is 1. The maximum atomic E-state index is 5.14. The zero-order valence-electron chi connectivity index (χ0n) is 7.92. The summed E-state index contributed by atoms with van der Waals surface area (Å²) in [5.41, 5.74) is 0. The van der Waals surface area contributed by atoms with Crippen molar-refractivity contribution in [3.8, 4) is 0 Å². The topological polar surface area (TPSA) is 38.5 Å². The quantitative estimate of drug-likeness (QED) is 0.783. The SMILES string of the molecule is CC(Cn1ccnc1)n1cc[nH]c1=S. The number of nitrogens with zero attached hydrogens (tertiary/aromatic N) is 3. The van der Waals surface area contributed by atoms with Crippen LogP contribution in [0.1, 0.15) is 13.0 Å². The summed E-state index contributed by atoms with van der Waals surface area (Å²) in [6, 6.07) is 0.336. The summed E-state index contributed by atoms with van der Waals surface area (Å²) in [7, 11) is 0. The van der Waals surface area contributed by atoms with Crippen LogP contribution in [0, 0.1) is 4.77 Å². The van der Waals surface area contributed by atoms with E-state index in [2.05, 4.69) is 16.9 Å². The third kappa shape index (κ3) is 1.77. The molecule has 1 unspecified atom stereocenters. The first kappa shape index (κ1) is 9.21. The maximum absolute atomic E-state index is 5.14. The number of aromatic amines is 1. The van der Waals surface area contributed by atoms with E-state index in [4.69, 9.17) is 12.2 Å². The van der Waals surface area contributed by atoms with Gasteiger partial charge in [-0.1, -0.05) is 0 Å². The Hall–Kier alpha value is -1.36. The molecule has 0 saturated heterocycles. The average Bonchev–Trinajstić information content (AvgIpc) is 2.75. The van der Waals surface area contributed by atoms with E-state index in [9.17, 15) is 0 Å². The minimum absolute atomic E-state index is 0.336. The van der Waals surface area contributed by atoms with Gasteiger partial charge >= 0.3 is 0 Å². The van der Waals surface area contributed by atoms with Gasteiger partial charge in [0.25, 0.3) is 0 Å². The van der Waals surface area contributed by atoms with Crippen LogP contribution < -0.4 is 0 Å². The van der Waals surface area contributed by atoms with E-state index >= 15 is 0 Å². The summed E-state index contributed by atoms with van der Waals surface area (Å²) < 4.78 is 4.84. The standard InChI is InChI=1S/C9H12N4S/c1-8(6-12-4-2-10-7-12)13-5-3-11-9(13)14/h2-5,7-8H,6H2,1H3,(H,11,14). The van der Waals surface area contributed by atoms with Crippen molar-refractivity contribution in [2.75, 3.05) is 0 Å². The normalized spacial score (nSPS) is 12.9. The lowest BCUT2D eigenvalue weighted by Gasteiger charge is -2.13. The Morgan fingerprint density at radius 1 is 1.57 bits per heavy atom. The van der Waals surface area contributed by atoms with Crippen molar-refractivity contribution in [1.82, 2.24) is 19.1 Å². The smallest absolute Gasteiger partial charge is 0.177 e. The number of rotatable bonds is 3. The molecule has 2 rings (SSSR count). The van der Waals surface area contributed by atoms with Crippen molar-refractivity contribution in [1.29, 1.82) is 0 Å². The van der Waals surface area contributed by atoms with Gasteiger partial charge in [0, 0.05) is 31.3 Å². The summed E-state index contributed by atoms with van der Waals surface area (Å²) >= 11 is 5.14. The molecule has 1 N–H and O–H groups in total. The highest BCUT2D eigenvalue weighted by atomic mass is 32.1. The second-order valence-electron chi connectivity index (χ2n) is 3.28. The molecule has 0 amide bonds. The van der Waals surface area contributed by atoms with Crippen molar-refractivity contribution in [2.24, 2.45) is 0 Å². The van der Waals surface area contributed by atoms with Gasteiger partial charge in [0.15, 0.2) is 4.77 Å². The van der Waals surface area contributed by atoms with Gasteiger partial charge in [0.1, 0.15) is 0 Å². The van der Waals surface area contributed by atoms with E-state index in [0.29, 0.717) is 6.04 Å². The monoisotopic (exact) mass is 208 g/mol. The van der Waals surface area contributed by atoms with Gasteiger partial charge in [0.2, 0.25) is 0 Å². The van der Waals surface area contributed by atoms with Crippen LogP contribution in [0.4, 0.5) is 0 Å². The number of aromatic nitrogens is 4. The predicted molar refractivity (Wildman–Crippen MR) is 56.6 cm³/mol. The van der Waals surface area contributed by atoms with Crippen LogP contribution in [0.15, 0.2) is 31.1 Å². The maximum Gasteiger partial charge on any atom is 0.177 e. The van der Waals surface area contributed by atoms with E-state index in [0.717, 1.165) is 11.3 Å². The van der Waals surface area contributed by atoms with E-state index in [1.165, 1.54) is 0 Å². The van der Waals surface area contributed by atoms with E-state index in [-0.39, 0.29) is 0 Å². The van der Waals surface area contributed by atoms with Crippen molar-refractivity contribution in [3.05, 3.63) is 35.9 Å². The molecule has 0 saturated carbocycles. The third-order valence-electron chi connectivity index (χ3n) is 2.19. The van der Waals surface area contributed by atoms with Gasteiger partial charge in [-0.25, -0.2) is 4.98 Å². The minimum Gasteiger partial charge on any atom is -0.337 e. The Bertz CT molecular complexity index is 439. The molecule has 0 spiro atoms. The highest BCUT2D eigenvalue weighted by Crippen LogP contribution is 2.08. The van der Waals surface area contributed by atoms with Gasteiger partial charge in [0.05, 0.1) is 12.4 Å². The number of nitrogens with one attached hydrogen (secondary N) is 1. The van der Waals surface area contributed by atoms with Gasteiger partial charge in [-0.3, -0.25) is 0 Å². The molecule has 4 nitrogen and oxygen atoms in total. The molecule has 2 aromatic rings. The molecule has 0 fully saturated rings. The van der Waals surface area contributed by atoms with Crippen molar-refractivity contribution >= 4 is 12.2 Å². The molecule has 0 aromatic carbocycles. The van der Waals surface area contributed by atoms with E-state index in [1.54, 1.807) is 6.20 Å². The fourth-order valence-corrected chi connectivity index (χ4v) is 1.77. The Kier molecular flexibility index (Phi) is 2.49. The molecule has 14 heavy (non-hydrogen) atoms.